The second-order valence-electron chi connectivity index (χ2n) is 7.86. The van der Waals surface area contributed by atoms with Crippen molar-refractivity contribution in [3.8, 4) is 5.75 Å². The maximum absolute atomic E-state index is 13.4. The number of hydrogen-bond acceptors (Lipinski definition) is 4. The van der Waals surface area contributed by atoms with E-state index in [9.17, 15) is 14.0 Å². The van der Waals surface area contributed by atoms with Gasteiger partial charge in [0.15, 0.2) is 0 Å². The largest absolute Gasteiger partial charge is 0.492 e. The fourth-order valence-corrected chi connectivity index (χ4v) is 4.15. The lowest BCUT2D eigenvalue weighted by atomic mass is 10.0. The first-order valence-corrected chi connectivity index (χ1v) is 10.3. The molecule has 5 nitrogen and oxygen atoms in total. The number of halogens is 1. The van der Waals surface area contributed by atoms with Gasteiger partial charge in [0.2, 0.25) is 0 Å². The van der Waals surface area contributed by atoms with Crippen LogP contribution in [0.15, 0.2) is 48.2 Å². The minimum atomic E-state index is -0.377. The Kier molecular flexibility index (Phi) is 5.57. The molecule has 30 heavy (non-hydrogen) atoms. The molecule has 0 atom stereocenters. The van der Waals surface area contributed by atoms with Gasteiger partial charge >= 0.3 is 0 Å². The van der Waals surface area contributed by atoms with Crippen molar-refractivity contribution in [2.75, 3.05) is 26.2 Å². The minimum absolute atomic E-state index is 0.159. The van der Waals surface area contributed by atoms with E-state index in [-0.39, 0.29) is 30.8 Å². The summed E-state index contributed by atoms with van der Waals surface area (Å²) in [5.74, 6) is -0.307. The van der Waals surface area contributed by atoms with E-state index in [2.05, 4.69) is 6.07 Å². The van der Waals surface area contributed by atoms with E-state index in [4.69, 9.17) is 4.74 Å². The summed E-state index contributed by atoms with van der Waals surface area (Å²) >= 11 is 0. The van der Waals surface area contributed by atoms with E-state index in [1.807, 2.05) is 30.9 Å². The van der Waals surface area contributed by atoms with E-state index >= 15 is 0 Å². The number of likely N-dealkylation sites (tertiary alicyclic amines) is 1. The number of hydrogen-bond donors (Lipinski definition) is 0. The first-order valence-electron chi connectivity index (χ1n) is 10.3. The highest BCUT2D eigenvalue weighted by molar-refractivity contribution is 6.35. The maximum atomic E-state index is 13.4. The molecule has 156 valence electrons. The number of amides is 2. The molecule has 0 N–H and O–H groups in total. The van der Waals surface area contributed by atoms with Gasteiger partial charge in [0, 0.05) is 13.1 Å². The van der Waals surface area contributed by atoms with Crippen molar-refractivity contribution in [1.29, 1.82) is 0 Å². The van der Waals surface area contributed by atoms with Gasteiger partial charge in [-0.2, -0.15) is 0 Å². The van der Waals surface area contributed by atoms with Gasteiger partial charge in [0.05, 0.1) is 12.1 Å². The van der Waals surface area contributed by atoms with Gasteiger partial charge < -0.3 is 9.64 Å². The normalized spacial score (nSPS) is 16.8. The number of nitrogens with zero attached hydrogens (tertiary/aromatic N) is 2. The fourth-order valence-electron chi connectivity index (χ4n) is 4.15. The molecule has 2 aliphatic rings. The predicted octanol–water partition coefficient (Wildman–Crippen LogP) is 3.70. The number of carbonyl (C=O) groups is 2. The van der Waals surface area contributed by atoms with Crippen molar-refractivity contribution in [3.63, 3.8) is 0 Å². The van der Waals surface area contributed by atoms with E-state index in [1.54, 1.807) is 12.1 Å². The van der Waals surface area contributed by atoms with Crippen LogP contribution in [0, 0.1) is 19.7 Å². The first kappa shape index (κ1) is 20.1. The molecule has 2 aromatic carbocycles. The third-order valence-corrected chi connectivity index (χ3v) is 5.48. The molecule has 0 spiro atoms. The third-order valence-electron chi connectivity index (χ3n) is 5.48. The lowest BCUT2D eigenvalue weighted by Crippen LogP contribution is -2.37. The molecule has 6 heteroatoms. The summed E-state index contributed by atoms with van der Waals surface area (Å²) in [6.45, 7) is 5.85. The Morgan fingerprint density at radius 2 is 1.57 bits per heavy atom. The molecular formula is C24H25FN2O3. The van der Waals surface area contributed by atoms with Crippen LogP contribution in [0.2, 0.25) is 0 Å². The minimum Gasteiger partial charge on any atom is -0.492 e. The van der Waals surface area contributed by atoms with Crippen LogP contribution in [0.5, 0.6) is 5.75 Å². The lowest BCUT2D eigenvalue weighted by molar-refractivity contribution is -0.137. The summed E-state index contributed by atoms with van der Waals surface area (Å²) in [6, 6.07) is 11.7. The zero-order chi connectivity index (χ0) is 21.3. The van der Waals surface area contributed by atoms with E-state index in [0.29, 0.717) is 16.8 Å². The molecule has 1 fully saturated rings. The monoisotopic (exact) mass is 408 g/mol. The summed E-state index contributed by atoms with van der Waals surface area (Å²) < 4.78 is 19.2. The molecule has 1 saturated heterocycles. The number of benzene rings is 2. The van der Waals surface area contributed by atoms with Gasteiger partial charge in [-0.1, -0.05) is 18.2 Å². The Labute approximate surface area is 175 Å². The number of rotatable bonds is 6. The zero-order valence-electron chi connectivity index (χ0n) is 17.3. The Morgan fingerprint density at radius 1 is 0.933 bits per heavy atom. The van der Waals surface area contributed by atoms with Gasteiger partial charge in [0.25, 0.3) is 11.8 Å². The molecule has 2 amide bonds. The number of aryl methyl sites for hydroxylation is 2. The van der Waals surface area contributed by atoms with Crippen molar-refractivity contribution in [2.45, 2.75) is 26.7 Å². The predicted molar refractivity (Wildman–Crippen MR) is 112 cm³/mol. The Bertz CT molecular complexity index is 987. The third kappa shape index (κ3) is 3.95. The van der Waals surface area contributed by atoms with Crippen molar-refractivity contribution >= 4 is 17.4 Å². The molecule has 0 radical (unpaired) electrons. The van der Waals surface area contributed by atoms with Crippen LogP contribution in [0.1, 0.15) is 29.5 Å². The lowest BCUT2D eigenvalue weighted by Gasteiger charge is -2.20. The zero-order valence-corrected chi connectivity index (χ0v) is 17.3. The Hall–Kier alpha value is -3.15. The molecule has 0 bridgehead atoms. The van der Waals surface area contributed by atoms with Crippen LogP contribution in [0.4, 0.5) is 4.39 Å². The Morgan fingerprint density at radius 3 is 2.20 bits per heavy atom. The second kappa shape index (κ2) is 8.30. The molecule has 0 saturated carbocycles. The summed E-state index contributed by atoms with van der Waals surface area (Å²) in [5, 5.41) is 0. The molecule has 2 aliphatic heterocycles. The summed E-state index contributed by atoms with van der Waals surface area (Å²) in [4.78, 5) is 29.6. The van der Waals surface area contributed by atoms with Crippen LogP contribution in [0.25, 0.3) is 5.57 Å². The summed E-state index contributed by atoms with van der Waals surface area (Å²) in [7, 11) is 0. The highest BCUT2D eigenvalue weighted by Gasteiger charge is 2.41. The maximum Gasteiger partial charge on any atom is 0.277 e. The molecule has 2 heterocycles. The van der Waals surface area contributed by atoms with E-state index < -0.39 is 0 Å². The van der Waals surface area contributed by atoms with E-state index in [1.165, 1.54) is 17.0 Å². The van der Waals surface area contributed by atoms with Crippen LogP contribution in [0.3, 0.4) is 0 Å². The highest BCUT2D eigenvalue weighted by Crippen LogP contribution is 2.33. The average Bonchev–Trinajstić information content (AvgIpc) is 3.30. The molecule has 0 unspecified atom stereocenters. The number of imide groups is 1. The SMILES string of the molecule is Cc1cc(C)cc(OCCN2C(=O)C(c3ccc(F)cc3)=C(N3CCCC3)C2=O)c1. The average molecular weight is 408 g/mol. The van der Waals surface area contributed by atoms with E-state index in [0.717, 1.165) is 42.8 Å². The number of ether oxygens (including phenoxy) is 1. The smallest absolute Gasteiger partial charge is 0.277 e. The van der Waals surface area contributed by atoms with Crippen LogP contribution < -0.4 is 4.74 Å². The highest BCUT2D eigenvalue weighted by atomic mass is 19.1. The van der Waals surface area contributed by atoms with Crippen LogP contribution >= 0.6 is 0 Å². The van der Waals surface area contributed by atoms with Crippen molar-refractivity contribution < 1.29 is 18.7 Å². The van der Waals surface area contributed by atoms with Crippen molar-refractivity contribution in [3.05, 3.63) is 70.7 Å². The van der Waals surface area contributed by atoms with Gasteiger partial charge in [-0.05, 0) is 67.6 Å². The van der Waals surface area contributed by atoms with Crippen LogP contribution in [-0.4, -0.2) is 47.9 Å². The molecular weight excluding hydrogens is 383 g/mol. The van der Waals surface area contributed by atoms with Crippen molar-refractivity contribution in [2.24, 2.45) is 0 Å². The van der Waals surface area contributed by atoms with Gasteiger partial charge in [-0.25, -0.2) is 4.39 Å². The second-order valence-corrected chi connectivity index (χ2v) is 7.86. The van der Waals surface area contributed by atoms with Crippen molar-refractivity contribution in [1.82, 2.24) is 9.80 Å². The standard InChI is InChI=1S/C24H25FN2O3/c1-16-13-17(2)15-20(14-16)30-12-11-27-23(28)21(18-5-7-19(25)8-6-18)22(24(27)29)26-9-3-4-10-26/h5-8,13-15H,3-4,9-12H2,1-2H3. The summed E-state index contributed by atoms with van der Waals surface area (Å²) in [5.41, 5.74) is 3.53. The fraction of sp³-hybridized carbons (Fsp3) is 0.333. The quantitative estimate of drug-likeness (QED) is 0.684. The first-order chi connectivity index (χ1) is 14.4. The molecule has 0 aromatic heterocycles. The topological polar surface area (TPSA) is 49.9 Å². The summed E-state index contributed by atoms with van der Waals surface area (Å²) in [6.07, 6.45) is 1.97. The number of carbonyl (C=O) groups excluding carboxylic acids is 2. The molecule has 4 rings (SSSR count). The van der Waals surface area contributed by atoms with Gasteiger partial charge in [-0.15, -0.1) is 0 Å². The van der Waals surface area contributed by atoms with Gasteiger partial charge in [-0.3, -0.25) is 14.5 Å². The molecule has 2 aromatic rings. The van der Waals surface area contributed by atoms with Crippen LogP contribution in [-0.2, 0) is 9.59 Å². The Balaban J connectivity index is 1.55. The van der Waals surface area contributed by atoms with Gasteiger partial charge in [0.1, 0.15) is 23.9 Å². The molecule has 0 aliphatic carbocycles.